The molecule has 0 aromatic carbocycles. The van der Waals surface area contributed by atoms with Crippen molar-refractivity contribution in [2.24, 2.45) is 0 Å². The Bertz CT molecular complexity index is 163. The van der Waals surface area contributed by atoms with Gasteiger partial charge in [-0.25, -0.2) is 0 Å². The van der Waals surface area contributed by atoms with E-state index in [4.69, 9.17) is 0 Å². The summed E-state index contributed by atoms with van der Waals surface area (Å²) in [5.41, 5.74) is 1.26. The maximum atomic E-state index is 3.86. The van der Waals surface area contributed by atoms with Crippen LogP contribution in [0.1, 0.15) is 54.4 Å². The van der Waals surface area contributed by atoms with Gasteiger partial charge < -0.3 is 9.88 Å². The molecule has 0 saturated heterocycles. The monoisotopic (exact) mass is 244 g/mol. The molecule has 0 atom stereocenters. The van der Waals surface area contributed by atoms with Crippen molar-refractivity contribution in [3.8, 4) is 0 Å². The highest BCUT2D eigenvalue weighted by atomic mass is 28.2. The number of hydrogen-bond acceptors (Lipinski definition) is 2. The van der Waals surface area contributed by atoms with E-state index in [9.17, 15) is 0 Å². The molecule has 0 heterocycles. The normalized spacial score (nSPS) is 13.5. The lowest BCUT2D eigenvalue weighted by Gasteiger charge is -2.33. The Hall–Kier alpha value is 0.137. The highest BCUT2D eigenvalue weighted by Crippen LogP contribution is 2.14. The first-order valence-corrected chi connectivity index (χ1v) is 8.48. The summed E-state index contributed by atoms with van der Waals surface area (Å²) in [7, 11) is -0.114. The molecule has 0 aromatic rings. The molecule has 0 saturated carbocycles. The molecule has 0 bridgehead atoms. The fourth-order valence-electron chi connectivity index (χ4n) is 2.06. The lowest BCUT2D eigenvalue weighted by atomic mass is 10.1. The number of nitrogens with one attached hydrogen (secondary N) is 1. The zero-order chi connectivity index (χ0) is 12.6. The minimum Gasteiger partial charge on any atom is -0.336 e. The van der Waals surface area contributed by atoms with Crippen LogP contribution in [0.25, 0.3) is 0 Å². The van der Waals surface area contributed by atoms with Gasteiger partial charge in [0.25, 0.3) is 0 Å². The molecule has 0 amide bonds. The van der Waals surface area contributed by atoms with Crippen LogP contribution in [0.4, 0.5) is 0 Å². The summed E-state index contributed by atoms with van der Waals surface area (Å²) in [6.45, 7) is 17.3. The van der Waals surface area contributed by atoms with Crippen LogP contribution in [0.3, 0.4) is 0 Å². The van der Waals surface area contributed by atoms with Crippen LogP contribution in [0.2, 0.25) is 5.54 Å². The zero-order valence-corrected chi connectivity index (χ0v) is 13.7. The fraction of sp³-hybridized carbons (Fsp3) is 1.00. The molecule has 0 aromatic heterocycles. The van der Waals surface area contributed by atoms with E-state index < -0.39 is 0 Å². The van der Waals surface area contributed by atoms with Gasteiger partial charge in [0.2, 0.25) is 0 Å². The minimum atomic E-state index is -0.114. The van der Waals surface area contributed by atoms with Crippen molar-refractivity contribution in [3.05, 3.63) is 0 Å². The van der Waals surface area contributed by atoms with E-state index in [-0.39, 0.29) is 9.68 Å². The Balaban J connectivity index is 4.02. The molecular formula is C13H32N2Si. The van der Waals surface area contributed by atoms with Crippen LogP contribution in [0.15, 0.2) is 0 Å². The van der Waals surface area contributed by atoms with Crippen LogP contribution in [-0.2, 0) is 0 Å². The lowest BCUT2D eigenvalue weighted by Crippen LogP contribution is -2.51. The maximum Gasteiger partial charge on any atom is 0.0953 e. The van der Waals surface area contributed by atoms with Gasteiger partial charge in [-0.3, -0.25) is 0 Å². The van der Waals surface area contributed by atoms with Crippen LogP contribution in [0, 0.1) is 0 Å². The van der Waals surface area contributed by atoms with Crippen molar-refractivity contribution in [2.75, 3.05) is 19.6 Å². The Morgan fingerprint density at radius 3 is 1.94 bits per heavy atom. The second-order valence-corrected chi connectivity index (χ2v) is 7.33. The molecule has 0 spiro atoms. The first kappa shape index (κ1) is 16.1. The van der Waals surface area contributed by atoms with Gasteiger partial charge in [0, 0.05) is 12.1 Å². The van der Waals surface area contributed by atoms with Crippen LogP contribution < -0.4 is 4.98 Å². The van der Waals surface area contributed by atoms with E-state index in [2.05, 4.69) is 51.4 Å². The van der Waals surface area contributed by atoms with Gasteiger partial charge in [-0.2, -0.15) is 0 Å². The Morgan fingerprint density at radius 1 is 1.06 bits per heavy atom. The number of likely N-dealkylation sites (N-methyl/N-ethyl adjacent to an activating group) is 1. The van der Waals surface area contributed by atoms with E-state index in [1.807, 2.05) is 0 Å². The fourth-order valence-corrected chi connectivity index (χ4v) is 3.59. The summed E-state index contributed by atoms with van der Waals surface area (Å²) in [5, 5.41) is 0. The first-order valence-electron chi connectivity index (χ1n) is 6.96. The minimum absolute atomic E-state index is 0.114. The smallest absolute Gasteiger partial charge is 0.0953 e. The van der Waals surface area contributed by atoms with E-state index >= 15 is 0 Å². The average molecular weight is 244 g/mol. The van der Waals surface area contributed by atoms with Gasteiger partial charge in [0.05, 0.1) is 9.68 Å². The third-order valence-electron chi connectivity index (χ3n) is 3.54. The highest BCUT2D eigenvalue weighted by molar-refractivity contribution is 6.34. The predicted molar refractivity (Wildman–Crippen MR) is 77.9 cm³/mol. The SMILES string of the molecule is CCC(CC)[SiH2]NC(C)(C)CN(CC)CC. The molecule has 0 aliphatic rings. The molecule has 0 unspecified atom stereocenters. The number of hydrogen-bond donors (Lipinski definition) is 1. The van der Waals surface area contributed by atoms with Crippen molar-refractivity contribution in [2.45, 2.75) is 65.5 Å². The van der Waals surface area contributed by atoms with E-state index in [0.717, 1.165) is 18.6 Å². The molecule has 2 nitrogen and oxygen atoms in total. The topological polar surface area (TPSA) is 15.3 Å². The van der Waals surface area contributed by atoms with Crippen LogP contribution in [0.5, 0.6) is 0 Å². The third kappa shape index (κ3) is 6.66. The Labute approximate surface area is 105 Å². The molecule has 98 valence electrons. The summed E-state index contributed by atoms with van der Waals surface area (Å²) in [4.78, 5) is 6.37. The molecule has 0 fully saturated rings. The van der Waals surface area contributed by atoms with Gasteiger partial charge >= 0.3 is 0 Å². The van der Waals surface area contributed by atoms with Gasteiger partial charge in [-0.1, -0.05) is 40.5 Å². The molecular weight excluding hydrogens is 212 g/mol. The summed E-state index contributed by atoms with van der Waals surface area (Å²) < 4.78 is 0. The summed E-state index contributed by atoms with van der Waals surface area (Å²) in [6, 6.07) is 0. The maximum absolute atomic E-state index is 3.86. The number of nitrogens with zero attached hydrogens (tertiary/aromatic N) is 1. The summed E-state index contributed by atoms with van der Waals surface area (Å²) in [6.07, 6.45) is 2.69. The molecule has 0 radical (unpaired) electrons. The summed E-state index contributed by atoms with van der Waals surface area (Å²) in [5.74, 6) is 0. The molecule has 0 aliphatic heterocycles. The highest BCUT2D eigenvalue weighted by Gasteiger charge is 2.20. The van der Waals surface area contributed by atoms with Gasteiger partial charge in [-0.15, -0.1) is 0 Å². The molecule has 0 rings (SSSR count). The van der Waals surface area contributed by atoms with Crippen molar-refractivity contribution >= 4 is 9.68 Å². The van der Waals surface area contributed by atoms with Gasteiger partial charge in [-0.05, 0) is 32.5 Å². The molecule has 1 N–H and O–H groups in total. The molecule has 3 heteroatoms. The van der Waals surface area contributed by atoms with Crippen molar-refractivity contribution in [3.63, 3.8) is 0 Å². The Morgan fingerprint density at radius 2 is 1.56 bits per heavy atom. The molecule has 16 heavy (non-hydrogen) atoms. The first-order chi connectivity index (χ1) is 7.49. The average Bonchev–Trinajstić information content (AvgIpc) is 2.27. The van der Waals surface area contributed by atoms with Crippen molar-refractivity contribution < 1.29 is 0 Å². The van der Waals surface area contributed by atoms with Gasteiger partial charge in [0.1, 0.15) is 0 Å². The summed E-state index contributed by atoms with van der Waals surface area (Å²) >= 11 is 0. The van der Waals surface area contributed by atoms with Crippen molar-refractivity contribution in [1.82, 2.24) is 9.88 Å². The third-order valence-corrected chi connectivity index (χ3v) is 6.43. The largest absolute Gasteiger partial charge is 0.336 e. The van der Waals surface area contributed by atoms with E-state index in [1.54, 1.807) is 0 Å². The zero-order valence-electron chi connectivity index (χ0n) is 12.3. The standard InChI is InChI=1S/C13H32N2Si/c1-7-12(8-2)16-14-13(5,6)11-15(9-3)10-4/h12,14H,7-11,16H2,1-6H3. The molecule has 0 aliphatic carbocycles. The van der Waals surface area contributed by atoms with Crippen molar-refractivity contribution in [1.29, 1.82) is 0 Å². The van der Waals surface area contributed by atoms with E-state index in [0.29, 0.717) is 5.54 Å². The second kappa shape index (κ2) is 8.26. The van der Waals surface area contributed by atoms with Crippen LogP contribution >= 0.6 is 0 Å². The Kier molecular flexibility index (Phi) is 8.33. The quantitative estimate of drug-likeness (QED) is 0.627. The van der Waals surface area contributed by atoms with E-state index in [1.165, 1.54) is 19.4 Å². The van der Waals surface area contributed by atoms with Gasteiger partial charge in [0.15, 0.2) is 0 Å². The van der Waals surface area contributed by atoms with Crippen LogP contribution in [-0.4, -0.2) is 39.8 Å². The lowest BCUT2D eigenvalue weighted by molar-refractivity contribution is 0.235. The second-order valence-electron chi connectivity index (χ2n) is 5.41. The predicted octanol–water partition coefficient (Wildman–Crippen LogP) is 2.39. The number of rotatable bonds is 9.